The molecule has 0 saturated carbocycles. The molecule has 25 heavy (non-hydrogen) atoms. The Morgan fingerprint density at radius 3 is 2.52 bits per heavy atom. The molecule has 2 atom stereocenters. The molecule has 1 aliphatic rings. The van der Waals surface area contributed by atoms with Crippen molar-refractivity contribution in [1.82, 2.24) is 4.90 Å². The van der Waals surface area contributed by atoms with Gasteiger partial charge in [-0.25, -0.2) is 0 Å². The molecule has 1 heterocycles. The Labute approximate surface area is 154 Å². The van der Waals surface area contributed by atoms with E-state index in [1.54, 1.807) is 0 Å². The third kappa shape index (κ3) is 4.09. The smallest absolute Gasteiger partial charge is 0.229 e. The fourth-order valence-corrected chi connectivity index (χ4v) is 3.99. The van der Waals surface area contributed by atoms with E-state index in [1.165, 1.54) is 0 Å². The molecule has 1 unspecified atom stereocenters. The van der Waals surface area contributed by atoms with Gasteiger partial charge in [-0.15, -0.1) is 0 Å². The monoisotopic (exact) mass is 365 g/mol. The van der Waals surface area contributed by atoms with E-state index in [0.29, 0.717) is 11.4 Å². The van der Waals surface area contributed by atoms with Crippen LogP contribution in [0.4, 0.5) is 0 Å². The number of benzene rings is 1. The average Bonchev–Trinajstić information content (AvgIpc) is 2.60. The van der Waals surface area contributed by atoms with Crippen LogP contribution >= 0.6 is 11.6 Å². The Kier molecular flexibility index (Phi) is 6.33. The summed E-state index contributed by atoms with van der Waals surface area (Å²) >= 11 is 6.02. The molecule has 0 spiro atoms. The summed E-state index contributed by atoms with van der Waals surface area (Å²) < 4.78 is 0. The second-order valence-corrected chi connectivity index (χ2v) is 7.55. The van der Waals surface area contributed by atoms with Crippen LogP contribution in [0.15, 0.2) is 29.4 Å². The number of piperidine rings is 1. The van der Waals surface area contributed by atoms with Gasteiger partial charge in [0.15, 0.2) is 0 Å². The topological polar surface area (TPSA) is 78.9 Å². The Morgan fingerprint density at radius 1 is 1.40 bits per heavy atom. The zero-order chi connectivity index (χ0) is 18.6. The summed E-state index contributed by atoms with van der Waals surface area (Å²) in [6.07, 6.45) is 3.61. The number of oxime groups is 1. The second-order valence-electron chi connectivity index (χ2n) is 7.12. The first-order chi connectivity index (χ1) is 11.9. The van der Waals surface area contributed by atoms with Crippen molar-refractivity contribution in [2.75, 3.05) is 0 Å². The number of nitrogens with zero attached hydrogens (tertiary/aromatic N) is 2. The van der Waals surface area contributed by atoms with Crippen LogP contribution in [0, 0.1) is 5.41 Å². The van der Waals surface area contributed by atoms with Gasteiger partial charge in [0.2, 0.25) is 5.91 Å². The van der Waals surface area contributed by atoms with Crippen molar-refractivity contribution in [3.63, 3.8) is 0 Å². The van der Waals surface area contributed by atoms with Gasteiger partial charge in [-0.1, -0.05) is 49.7 Å². The van der Waals surface area contributed by atoms with E-state index < -0.39 is 5.41 Å². The van der Waals surface area contributed by atoms with Crippen molar-refractivity contribution >= 4 is 23.3 Å². The molecule has 5 nitrogen and oxygen atoms in total. The minimum Gasteiger partial charge on any atom is -0.409 e. The molecule has 0 aromatic heterocycles. The van der Waals surface area contributed by atoms with Gasteiger partial charge in [0.05, 0.1) is 11.5 Å². The van der Waals surface area contributed by atoms with Crippen LogP contribution in [0.5, 0.6) is 0 Å². The average molecular weight is 366 g/mol. The van der Waals surface area contributed by atoms with Crippen molar-refractivity contribution in [3.8, 4) is 0 Å². The molecule has 0 aliphatic carbocycles. The van der Waals surface area contributed by atoms with Gasteiger partial charge in [-0.05, 0) is 43.4 Å². The highest BCUT2D eigenvalue weighted by Gasteiger charge is 2.46. The van der Waals surface area contributed by atoms with Gasteiger partial charge in [-0.2, -0.15) is 0 Å². The largest absolute Gasteiger partial charge is 0.409 e. The van der Waals surface area contributed by atoms with E-state index >= 15 is 0 Å². The number of rotatable bonds is 6. The quantitative estimate of drug-likeness (QED) is 0.340. The lowest BCUT2D eigenvalue weighted by Gasteiger charge is -2.48. The number of likely N-dealkylation sites (tertiary alicyclic amines) is 1. The second kappa shape index (κ2) is 8.09. The number of carbonyl (C=O) groups is 1. The summed E-state index contributed by atoms with van der Waals surface area (Å²) in [6.45, 7) is 6.13. The fourth-order valence-electron chi connectivity index (χ4n) is 3.87. The first-order valence-corrected chi connectivity index (χ1v) is 9.28. The van der Waals surface area contributed by atoms with E-state index in [9.17, 15) is 4.79 Å². The number of carbonyl (C=O) groups excluding carboxylic acids is 1. The van der Waals surface area contributed by atoms with E-state index in [0.717, 1.165) is 24.8 Å². The van der Waals surface area contributed by atoms with Crippen LogP contribution < -0.4 is 5.73 Å². The lowest BCUT2D eigenvalue weighted by atomic mass is 9.73. The molecule has 1 aliphatic heterocycles. The molecule has 138 valence electrons. The highest BCUT2D eigenvalue weighted by atomic mass is 35.5. The van der Waals surface area contributed by atoms with Crippen molar-refractivity contribution in [2.45, 2.75) is 65.0 Å². The van der Waals surface area contributed by atoms with E-state index in [-0.39, 0.29) is 30.2 Å². The maximum Gasteiger partial charge on any atom is 0.229 e. The van der Waals surface area contributed by atoms with Crippen LogP contribution in [-0.2, 0) is 4.79 Å². The summed E-state index contributed by atoms with van der Waals surface area (Å²) in [4.78, 5) is 15.4. The van der Waals surface area contributed by atoms with Gasteiger partial charge in [0.25, 0.3) is 0 Å². The Bertz CT molecular complexity index is 628. The molecule has 0 bridgehead atoms. The van der Waals surface area contributed by atoms with Crippen LogP contribution in [0.1, 0.15) is 64.5 Å². The van der Waals surface area contributed by atoms with Crippen LogP contribution in [-0.4, -0.2) is 27.9 Å². The molecule has 1 aromatic carbocycles. The predicted octanol–water partition coefficient (Wildman–Crippen LogP) is 4.33. The van der Waals surface area contributed by atoms with Crippen molar-refractivity contribution < 1.29 is 10.0 Å². The number of hydrogen-bond donors (Lipinski definition) is 2. The molecule has 6 heteroatoms. The molecule has 1 fully saturated rings. The lowest BCUT2D eigenvalue weighted by molar-refractivity contribution is -0.152. The number of nitrogens with two attached hydrogens (primary N) is 1. The molecule has 1 amide bonds. The normalized spacial score (nSPS) is 24.8. The molecular weight excluding hydrogens is 338 g/mol. The summed E-state index contributed by atoms with van der Waals surface area (Å²) in [7, 11) is 0. The summed E-state index contributed by atoms with van der Waals surface area (Å²) in [5, 5.41) is 12.7. The summed E-state index contributed by atoms with van der Waals surface area (Å²) in [5.41, 5.74) is 6.18. The molecule has 3 N–H and O–H groups in total. The number of amidine groups is 1. The standard InChI is InChI=1S/C19H28ClN3O2/c1-4-15(5-2)23-16(13-6-8-14(20)9-7-13)10-11-19(3,18(23)24)12-17(21)22-25/h6-9,15-16,25H,4-5,10-12H2,1-3H3,(H2,21,22)/t16?,19-/m1/s1. The molecule has 0 radical (unpaired) electrons. The minimum absolute atomic E-state index is 0.0371. The predicted molar refractivity (Wildman–Crippen MR) is 101 cm³/mol. The number of hydrogen-bond acceptors (Lipinski definition) is 3. The van der Waals surface area contributed by atoms with Crippen molar-refractivity contribution in [3.05, 3.63) is 34.9 Å². The maximum atomic E-state index is 13.4. The molecule has 1 aromatic rings. The van der Waals surface area contributed by atoms with E-state index in [2.05, 4.69) is 19.0 Å². The Balaban J connectivity index is 2.39. The lowest BCUT2D eigenvalue weighted by Crippen LogP contribution is -2.53. The van der Waals surface area contributed by atoms with Gasteiger partial charge in [0, 0.05) is 17.5 Å². The number of halogens is 1. The molecular formula is C19H28ClN3O2. The summed E-state index contributed by atoms with van der Waals surface area (Å²) in [5.74, 6) is 0.185. The fraction of sp³-hybridized carbons (Fsp3) is 0.579. The third-order valence-corrected chi connectivity index (χ3v) is 5.60. The van der Waals surface area contributed by atoms with Crippen LogP contribution in [0.3, 0.4) is 0 Å². The molecule has 1 saturated heterocycles. The van der Waals surface area contributed by atoms with Gasteiger partial charge < -0.3 is 15.8 Å². The van der Waals surface area contributed by atoms with Gasteiger partial charge in [0.1, 0.15) is 5.84 Å². The Hall–Kier alpha value is -1.75. The van der Waals surface area contributed by atoms with Gasteiger partial charge >= 0.3 is 0 Å². The third-order valence-electron chi connectivity index (χ3n) is 5.35. The first-order valence-electron chi connectivity index (χ1n) is 8.91. The first kappa shape index (κ1) is 19.6. The van der Waals surface area contributed by atoms with E-state index in [1.807, 2.05) is 36.1 Å². The molecule has 2 rings (SSSR count). The maximum absolute atomic E-state index is 13.4. The number of amides is 1. The highest BCUT2D eigenvalue weighted by molar-refractivity contribution is 6.30. The summed E-state index contributed by atoms with van der Waals surface area (Å²) in [6, 6.07) is 7.95. The van der Waals surface area contributed by atoms with Crippen LogP contribution in [0.25, 0.3) is 0 Å². The Morgan fingerprint density at radius 2 is 2.00 bits per heavy atom. The zero-order valence-corrected chi connectivity index (χ0v) is 16.0. The zero-order valence-electron chi connectivity index (χ0n) is 15.2. The van der Waals surface area contributed by atoms with E-state index in [4.69, 9.17) is 22.5 Å². The van der Waals surface area contributed by atoms with Crippen molar-refractivity contribution in [1.29, 1.82) is 0 Å². The van der Waals surface area contributed by atoms with Gasteiger partial charge in [-0.3, -0.25) is 4.79 Å². The van der Waals surface area contributed by atoms with Crippen LogP contribution in [0.2, 0.25) is 5.02 Å². The van der Waals surface area contributed by atoms with Crippen molar-refractivity contribution in [2.24, 2.45) is 16.3 Å². The SMILES string of the molecule is CCC(CC)N1C(=O)[C@@](C)(C/C(N)=N/O)CCC1c1ccc(Cl)cc1. The minimum atomic E-state index is -0.637. The highest BCUT2D eigenvalue weighted by Crippen LogP contribution is 2.44.